The normalized spacial score (nSPS) is 18.7. The molecular formula is C15H24N4O2. The highest BCUT2D eigenvalue weighted by Gasteiger charge is 2.20. The van der Waals surface area contributed by atoms with Gasteiger partial charge in [-0.25, -0.2) is 4.79 Å². The monoisotopic (exact) mass is 292 g/mol. The minimum Gasteiger partial charge on any atom is -0.337 e. The maximum absolute atomic E-state index is 11.8. The van der Waals surface area contributed by atoms with Crippen molar-refractivity contribution >= 4 is 6.03 Å². The summed E-state index contributed by atoms with van der Waals surface area (Å²) >= 11 is 0. The van der Waals surface area contributed by atoms with Gasteiger partial charge in [0.05, 0.1) is 6.54 Å². The van der Waals surface area contributed by atoms with E-state index < -0.39 is 0 Å². The molecule has 0 unspecified atom stereocenters. The fourth-order valence-electron chi connectivity index (χ4n) is 2.78. The molecule has 3 N–H and O–H groups in total. The van der Waals surface area contributed by atoms with Crippen LogP contribution in [0, 0.1) is 13.8 Å². The molecule has 1 aliphatic rings. The van der Waals surface area contributed by atoms with E-state index in [9.17, 15) is 9.59 Å². The number of aromatic amines is 1. The molecule has 0 saturated carbocycles. The van der Waals surface area contributed by atoms with Crippen molar-refractivity contribution in [1.82, 2.24) is 20.5 Å². The number of aromatic nitrogens is 1. The van der Waals surface area contributed by atoms with Crippen LogP contribution in [0.2, 0.25) is 0 Å². The number of amides is 2. The van der Waals surface area contributed by atoms with Crippen LogP contribution in [-0.4, -0.2) is 42.1 Å². The van der Waals surface area contributed by atoms with Crippen molar-refractivity contribution in [1.29, 1.82) is 0 Å². The van der Waals surface area contributed by atoms with Gasteiger partial charge in [-0.1, -0.05) is 0 Å². The van der Waals surface area contributed by atoms with E-state index in [1.807, 2.05) is 19.9 Å². The molecule has 0 radical (unpaired) electrons. The van der Waals surface area contributed by atoms with Crippen LogP contribution in [-0.2, 0) is 6.54 Å². The fourth-order valence-corrected chi connectivity index (χ4v) is 2.78. The van der Waals surface area contributed by atoms with E-state index in [0.29, 0.717) is 18.2 Å². The zero-order valence-corrected chi connectivity index (χ0v) is 13.0. The van der Waals surface area contributed by atoms with Crippen LogP contribution in [0.5, 0.6) is 0 Å². The molecule has 6 nitrogen and oxygen atoms in total. The number of H-pyrrole nitrogens is 1. The Morgan fingerprint density at radius 2 is 2.19 bits per heavy atom. The Bertz CT molecular complexity index is 567. The van der Waals surface area contributed by atoms with E-state index in [-0.39, 0.29) is 18.1 Å². The van der Waals surface area contributed by atoms with Gasteiger partial charge >= 0.3 is 6.03 Å². The second-order valence-corrected chi connectivity index (χ2v) is 5.78. The number of likely N-dealkylation sites (N-methyl/N-ethyl adjacent to an activating group) is 1. The molecule has 2 amide bonds. The van der Waals surface area contributed by atoms with Crippen LogP contribution in [0.4, 0.5) is 4.79 Å². The van der Waals surface area contributed by atoms with Crippen molar-refractivity contribution in [2.45, 2.75) is 39.3 Å². The molecule has 6 heteroatoms. The number of rotatable bonds is 4. The fraction of sp³-hybridized carbons (Fsp3) is 0.600. The Morgan fingerprint density at radius 3 is 2.81 bits per heavy atom. The largest absolute Gasteiger partial charge is 0.337 e. The number of carbonyl (C=O) groups is 1. The van der Waals surface area contributed by atoms with E-state index >= 15 is 0 Å². The predicted molar refractivity (Wildman–Crippen MR) is 82.4 cm³/mol. The highest BCUT2D eigenvalue weighted by Crippen LogP contribution is 2.13. The zero-order chi connectivity index (χ0) is 15.4. The van der Waals surface area contributed by atoms with Gasteiger partial charge < -0.3 is 20.5 Å². The van der Waals surface area contributed by atoms with Gasteiger partial charge in [-0.3, -0.25) is 4.79 Å². The Hall–Kier alpha value is -1.82. The molecule has 0 aromatic carbocycles. The van der Waals surface area contributed by atoms with Gasteiger partial charge in [0.1, 0.15) is 0 Å². The van der Waals surface area contributed by atoms with E-state index in [2.05, 4.69) is 27.6 Å². The number of likely N-dealkylation sites (tertiary alicyclic amines) is 1. The van der Waals surface area contributed by atoms with E-state index in [0.717, 1.165) is 24.2 Å². The molecule has 1 aromatic rings. The van der Waals surface area contributed by atoms with Gasteiger partial charge in [0, 0.05) is 23.8 Å². The number of aryl methyl sites for hydroxylation is 2. The molecule has 0 spiro atoms. The standard InChI is InChI=1S/C15H24N4O2/c1-10-7-11(2)18-14(20)13(10)9-17-15(21)16-8-12-5-4-6-19(12)3/h7,12H,4-6,8-9H2,1-3H3,(H,18,20)(H2,16,17,21)/t12-/m0/s1. The summed E-state index contributed by atoms with van der Waals surface area (Å²) in [5.74, 6) is 0. The second kappa shape index (κ2) is 6.76. The van der Waals surface area contributed by atoms with Crippen LogP contribution in [0.15, 0.2) is 10.9 Å². The van der Waals surface area contributed by atoms with Gasteiger partial charge in [0.25, 0.3) is 5.56 Å². The molecule has 1 aliphatic heterocycles. The molecule has 116 valence electrons. The zero-order valence-electron chi connectivity index (χ0n) is 13.0. The minimum absolute atomic E-state index is 0.136. The van der Waals surface area contributed by atoms with Crippen molar-refractivity contribution in [3.63, 3.8) is 0 Å². The van der Waals surface area contributed by atoms with Crippen LogP contribution in [0.25, 0.3) is 0 Å². The first-order valence-electron chi connectivity index (χ1n) is 7.38. The van der Waals surface area contributed by atoms with Crippen molar-refractivity contribution in [2.75, 3.05) is 20.1 Å². The van der Waals surface area contributed by atoms with E-state index in [4.69, 9.17) is 0 Å². The van der Waals surface area contributed by atoms with Crippen molar-refractivity contribution in [2.24, 2.45) is 0 Å². The average molecular weight is 292 g/mol. The van der Waals surface area contributed by atoms with Gasteiger partial charge in [-0.15, -0.1) is 0 Å². The average Bonchev–Trinajstić information content (AvgIpc) is 2.80. The van der Waals surface area contributed by atoms with Crippen LogP contribution >= 0.6 is 0 Å². The SMILES string of the molecule is Cc1cc(C)c(CNC(=O)NC[C@@H]2CCCN2C)c(=O)[nH]1. The summed E-state index contributed by atoms with van der Waals surface area (Å²) in [4.78, 5) is 28.7. The van der Waals surface area contributed by atoms with Crippen LogP contribution in [0.3, 0.4) is 0 Å². The lowest BCUT2D eigenvalue weighted by molar-refractivity contribution is 0.234. The van der Waals surface area contributed by atoms with Gasteiger partial charge in [0.15, 0.2) is 0 Å². The molecule has 1 fully saturated rings. The summed E-state index contributed by atoms with van der Waals surface area (Å²) in [5.41, 5.74) is 2.19. The molecule has 0 aliphatic carbocycles. The summed E-state index contributed by atoms with van der Waals surface area (Å²) in [6, 6.07) is 2.10. The van der Waals surface area contributed by atoms with Crippen molar-refractivity contribution < 1.29 is 4.79 Å². The van der Waals surface area contributed by atoms with Gasteiger partial charge in [0.2, 0.25) is 0 Å². The highest BCUT2D eigenvalue weighted by molar-refractivity contribution is 5.73. The Balaban J connectivity index is 1.83. The number of hydrogen-bond donors (Lipinski definition) is 3. The summed E-state index contributed by atoms with van der Waals surface area (Å²) < 4.78 is 0. The Morgan fingerprint density at radius 1 is 1.43 bits per heavy atom. The maximum atomic E-state index is 11.8. The Kier molecular flexibility index (Phi) is 5.01. The van der Waals surface area contributed by atoms with Crippen molar-refractivity contribution in [3.05, 3.63) is 33.2 Å². The highest BCUT2D eigenvalue weighted by atomic mass is 16.2. The third-order valence-corrected chi connectivity index (χ3v) is 4.09. The molecule has 0 bridgehead atoms. The molecule has 1 aromatic heterocycles. The lowest BCUT2D eigenvalue weighted by Gasteiger charge is -2.19. The lowest BCUT2D eigenvalue weighted by Crippen LogP contribution is -2.43. The number of carbonyl (C=O) groups excluding carboxylic acids is 1. The lowest BCUT2D eigenvalue weighted by atomic mass is 10.1. The quantitative estimate of drug-likeness (QED) is 0.771. The summed E-state index contributed by atoms with van der Waals surface area (Å²) in [5, 5.41) is 5.62. The minimum atomic E-state index is -0.227. The number of nitrogens with zero attached hydrogens (tertiary/aromatic N) is 1. The summed E-state index contributed by atoms with van der Waals surface area (Å²) in [6.07, 6.45) is 2.30. The van der Waals surface area contributed by atoms with Gasteiger partial charge in [-0.05, 0) is 51.9 Å². The molecular weight excluding hydrogens is 268 g/mol. The molecule has 21 heavy (non-hydrogen) atoms. The van der Waals surface area contributed by atoms with Crippen molar-refractivity contribution in [3.8, 4) is 0 Å². The number of pyridine rings is 1. The van der Waals surface area contributed by atoms with E-state index in [1.54, 1.807) is 0 Å². The second-order valence-electron chi connectivity index (χ2n) is 5.78. The van der Waals surface area contributed by atoms with Crippen LogP contribution < -0.4 is 16.2 Å². The van der Waals surface area contributed by atoms with Crippen LogP contribution in [0.1, 0.15) is 29.7 Å². The molecule has 1 atom stereocenters. The maximum Gasteiger partial charge on any atom is 0.315 e. The number of urea groups is 1. The summed E-state index contributed by atoms with van der Waals surface area (Å²) in [7, 11) is 2.08. The molecule has 2 heterocycles. The topological polar surface area (TPSA) is 77.2 Å². The molecule has 2 rings (SSSR count). The predicted octanol–water partition coefficient (Wildman–Crippen LogP) is 0.885. The number of hydrogen-bond acceptors (Lipinski definition) is 3. The first-order chi connectivity index (χ1) is 9.97. The first-order valence-corrected chi connectivity index (χ1v) is 7.38. The smallest absolute Gasteiger partial charge is 0.315 e. The van der Waals surface area contributed by atoms with E-state index in [1.165, 1.54) is 6.42 Å². The first kappa shape index (κ1) is 15.6. The molecule has 1 saturated heterocycles. The third kappa shape index (κ3) is 4.07. The van der Waals surface area contributed by atoms with Gasteiger partial charge in [-0.2, -0.15) is 0 Å². The Labute approximate surface area is 124 Å². The summed E-state index contributed by atoms with van der Waals surface area (Å²) in [6.45, 7) is 5.70. The number of nitrogens with one attached hydrogen (secondary N) is 3. The third-order valence-electron chi connectivity index (χ3n) is 4.09.